The van der Waals surface area contributed by atoms with Gasteiger partial charge in [-0.1, -0.05) is 10.7 Å². The van der Waals surface area contributed by atoms with E-state index in [0.29, 0.717) is 0 Å². The lowest BCUT2D eigenvalue weighted by atomic mass is 10.1. The zero-order chi connectivity index (χ0) is 11.0. The van der Waals surface area contributed by atoms with E-state index in [-0.39, 0.29) is 5.56 Å². The Balaban J connectivity index is 2.44. The van der Waals surface area contributed by atoms with E-state index in [1.54, 1.807) is 6.07 Å². The van der Waals surface area contributed by atoms with Crippen molar-refractivity contribution in [3.8, 4) is 0 Å². The Kier molecular flexibility index (Phi) is 2.89. The highest BCUT2D eigenvalue weighted by atomic mass is 35.7. The van der Waals surface area contributed by atoms with Crippen molar-refractivity contribution in [2.24, 2.45) is 0 Å². The van der Waals surface area contributed by atoms with Crippen molar-refractivity contribution in [2.75, 3.05) is 7.11 Å². The lowest BCUT2D eigenvalue weighted by molar-refractivity contribution is 0.0595. The van der Waals surface area contributed by atoms with Gasteiger partial charge < -0.3 is 4.74 Å². The molecule has 0 aliphatic carbocycles. The Hall–Kier alpha value is -0.740. The number of hydrogen-bond acceptors (Lipinski definition) is 2. The number of fused-ring (bicyclic) bond motifs is 1. The van der Waals surface area contributed by atoms with Gasteiger partial charge in [0.25, 0.3) is 0 Å². The summed E-state index contributed by atoms with van der Waals surface area (Å²) in [7, 11) is 6.67. The van der Waals surface area contributed by atoms with E-state index in [0.717, 1.165) is 22.6 Å². The van der Waals surface area contributed by atoms with Crippen molar-refractivity contribution < 1.29 is 13.9 Å². The van der Waals surface area contributed by atoms with Gasteiger partial charge in [0.15, 0.2) is 0 Å². The Bertz CT molecular complexity index is 422. The fourth-order valence-corrected chi connectivity index (χ4v) is 3.86. The van der Waals surface area contributed by atoms with E-state index in [4.69, 9.17) is 10.7 Å². The van der Waals surface area contributed by atoms with Crippen LogP contribution in [-0.2, 0) is 16.2 Å². The molecule has 0 amide bonds. The Morgan fingerprint density at radius 2 is 2.07 bits per heavy atom. The Morgan fingerprint density at radius 1 is 1.47 bits per heavy atom. The van der Waals surface area contributed by atoms with Crippen LogP contribution in [0.1, 0.15) is 21.5 Å². The smallest absolute Gasteiger partial charge is 0.340 e. The van der Waals surface area contributed by atoms with Crippen molar-refractivity contribution in [3.63, 3.8) is 0 Å². The van der Waals surface area contributed by atoms with Crippen LogP contribution in [0.25, 0.3) is 0 Å². The number of carbonyl (C=O) groups is 1. The number of carbonyl (C=O) groups excluding carboxylic acids is 1. The summed E-state index contributed by atoms with van der Waals surface area (Å²) < 4.78 is 18.0. The summed E-state index contributed by atoms with van der Waals surface area (Å²) >= 11 is 0. The topological polar surface area (TPSA) is 26.3 Å². The number of rotatable bonds is 1. The molecule has 0 N–H and O–H groups in total. The summed E-state index contributed by atoms with van der Waals surface area (Å²) in [6.45, 7) is 0. The number of methoxy groups -OCH3 is 1. The van der Waals surface area contributed by atoms with Crippen LogP contribution in [0.15, 0.2) is 12.1 Å². The zero-order valence-electron chi connectivity index (χ0n) is 8.09. The van der Waals surface area contributed by atoms with Gasteiger partial charge in [-0.2, -0.15) is 10.1 Å². The molecule has 0 saturated heterocycles. The summed E-state index contributed by atoms with van der Waals surface area (Å²) in [5.41, 5.74) is 1.89. The normalized spacial score (nSPS) is 21.1. The molecule has 1 aliphatic heterocycles. The highest BCUT2D eigenvalue weighted by Crippen LogP contribution is 2.46. The molecule has 2 nitrogen and oxygen atoms in total. The fraction of sp³-hybridized carbons (Fsp3) is 0.300. The average molecular weight is 249 g/mol. The maximum Gasteiger partial charge on any atom is 0.340 e. The fourth-order valence-electron chi connectivity index (χ4n) is 1.65. The molecule has 0 fully saturated rings. The molecule has 0 saturated carbocycles. The second kappa shape index (κ2) is 4.02. The molecule has 0 aromatic heterocycles. The van der Waals surface area contributed by atoms with Gasteiger partial charge >= 0.3 is 5.97 Å². The first kappa shape index (κ1) is 10.8. The van der Waals surface area contributed by atoms with Gasteiger partial charge in [-0.3, -0.25) is 0 Å². The van der Waals surface area contributed by atoms with Crippen molar-refractivity contribution in [3.05, 3.63) is 34.6 Å². The van der Waals surface area contributed by atoms with E-state index in [1.165, 1.54) is 13.2 Å². The van der Waals surface area contributed by atoms with Crippen LogP contribution in [-0.4, -0.2) is 13.1 Å². The standard InChI is InChI=1S/C10H10ClFO2S/c1-14-10(13)8-2-6-4-15(11)5-7(6)3-9(8)12/h2-3,15H,4-5H2,1H3. The molecule has 1 unspecified atom stereocenters. The molecule has 0 spiro atoms. The maximum absolute atomic E-state index is 13.5. The summed E-state index contributed by atoms with van der Waals surface area (Å²) in [5.74, 6) is 0.310. The van der Waals surface area contributed by atoms with Crippen LogP contribution in [0.3, 0.4) is 0 Å². The van der Waals surface area contributed by atoms with Crippen LogP contribution in [0.2, 0.25) is 0 Å². The predicted molar refractivity (Wildman–Crippen MR) is 60.0 cm³/mol. The predicted octanol–water partition coefficient (Wildman–Crippen LogP) is 2.78. The highest BCUT2D eigenvalue weighted by Gasteiger charge is 2.22. The van der Waals surface area contributed by atoms with Crippen molar-refractivity contribution in [1.29, 1.82) is 0 Å². The number of halogens is 2. The molecule has 1 aliphatic rings. The molecule has 1 atom stereocenters. The minimum Gasteiger partial charge on any atom is -0.465 e. The van der Waals surface area contributed by atoms with Crippen molar-refractivity contribution in [2.45, 2.75) is 11.5 Å². The van der Waals surface area contributed by atoms with Gasteiger partial charge in [0.05, 0.1) is 12.7 Å². The largest absolute Gasteiger partial charge is 0.465 e. The molecule has 1 heterocycles. The third kappa shape index (κ3) is 1.96. The van der Waals surface area contributed by atoms with Crippen LogP contribution in [0, 0.1) is 5.82 Å². The average Bonchev–Trinajstić information content (AvgIpc) is 2.55. The quantitative estimate of drug-likeness (QED) is 0.611. The third-order valence-electron chi connectivity index (χ3n) is 2.38. The number of esters is 1. The summed E-state index contributed by atoms with van der Waals surface area (Å²) in [6.07, 6.45) is 0. The molecule has 5 heteroatoms. The molecule has 1 aromatic rings. The first-order chi connectivity index (χ1) is 7.11. The molecule has 0 bridgehead atoms. The number of benzene rings is 1. The molecule has 82 valence electrons. The number of hydrogen-bond donors (Lipinski definition) is 1. The van der Waals surface area contributed by atoms with Crippen LogP contribution >= 0.6 is 20.8 Å². The SMILES string of the molecule is COC(=O)c1cc2c(cc1F)C[SH](Cl)C2. The molecular weight excluding hydrogens is 239 g/mol. The lowest BCUT2D eigenvalue weighted by Gasteiger charge is -2.04. The second-order valence-corrected chi connectivity index (χ2v) is 6.36. The van der Waals surface area contributed by atoms with Crippen LogP contribution < -0.4 is 0 Å². The molecule has 1 aromatic carbocycles. The first-order valence-corrected chi connectivity index (χ1v) is 7.04. The van der Waals surface area contributed by atoms with Crippen molar-refractivity contribution in [1.82, 2.24) is 0 Å². The molecular formula is C10H10ClFO2S. The molecule has 15 heavy (non-hydrogen) atoms. The van der Waals surface area contributed by atoms with Crippen LogP contribution in [0.4, 0.5) is 4.39 Å². The maximum atomic E-state index is 13.5. The van der Waals surface area contributed by atoms with Gasteiger partial charge in [-0.05, 0) is 23.3 Å². The monoisotopic (exact) mass is 248 g/mol. The van der Waals surface area contributed by atoms with Gasteiger partial charge in [-0.25, -0.2) is 9.18 Å². The molecule has 0 radical (unpaired) electrons. The zero-order valence-corrected chi connectivity index (χ0v) is 9.74. The number of thiol groups is 1. The van der Waals surface area contributed by atoms with Gasteiger partial charge in [-0.15, -0.1) is 0 Å². The minimum atomic E-state index is -0.638. The van der Waals surface area contributed by atoms with E-state index in [1.807, 2.05) is 0 Å². The van der Waals surface area contributed by atoms with Crippen LogP contribution in [0.5, 0.6) is 0 Å². The van der Waals surface area contributed by atoms with E-state index in [9.17, 15) is 9.18 Å². The Morgan fingerprint density at radius 3 is 2.67 bits per heavy atom. The lowest BCUT2D eigenvalue weighted by Crippen LogP contribution is -2.05. The number of ether oxygens (including phenoxy) is 1. The van der Waals surface area contributed by atoms with E-state index >= 15 is 0 Å². The first-order valence-electron chi connectivity index (χ1n) is 4.42. The molecule has 2 rings (SSSR count). The Labute approximate surface area is 94.2 Å². The highest BCUT2D eigenvalue weighted by molar-refractivity contribution is 8.35. The van der Waals surface area contributed by atoms with E-state index in [2.05, 4.69) is 4.74 Å². The summed E-state index contributed by atoms with van der Waals surface area (Å²) in [4.78, 5) is 11.2. The van der Waals surface area contributed by atoms with E-state index < -0.39 is 21.9 Å². The second-order valence-electron chi connectivity index (χ2n) is 3.37. The van der Waals surface area contributed by atoms with Gasteiger partial charge in [0.2, 0.25) is 0 Å². The minimum absolute atomic E-state index is 0.00165. The van der Waals surface area contributed by atoms with Crippen molar-refractivity contribution >= 4 is 26.8 Å². The summed E-state index contributed by atoms with van der Waals surface area (Å²) in [6, 6.07) is 2.95. The third-order valence-corrected chi connectivity index (χ3v) is 4.46. The van der Waals surface area contributed by atoms with Gasteiger partial charge in [0.1, 0.15) is 5.82 Å². The summed E-state index contributed by atoms with van der Waals surface area (Å²) in [5, 5.41) is 0. The van der Waals surface area contributed by atoms with Gasteiger partial charge in [0, 0.05) is 11.5 Å².